The number of rotatable bonds is 1. The van der Waals surface area contributed by atoms with Crippen LogP contribution < -0.4 is 10.6 Å². The molecule has 4 nitrogen and oxygen atoms in total. The Morgan fingerprint density at radius 3 is 2.69 bits per heavy atom. The molecule has 1 aliphatic carbocycles. The molecule has 2 saturated heterocycles. The normalized spacial score (nSPS) is 36.1. The second-order valence-electron chi connectivity index (χ2n) is 3.84. The molecule has 3 heterocycles. The Bertz CT molecular complexity index is 313. The second-order valence-corrected chi connectivity index (χ2v) is 3.84. The first-order valence-electron chi connectivity index (χ1n) is 4.65. The Balaban J connectivity index is 1.89. The van der Waals surface area contributed by atoms with Crippen LogP contribution in [0.5, 0.6) is 0 Å². The molecule has 0 aromatic carbocycles. The molecule has 4 rings (SSSR count). The predicted molar refractivity (Wildman–Crippen MR) is 49.2 cm³/mol. The van der Waals surface area contributed by atoms with Gasteiger partial charge in [-0.1, -0.05) is 0 Å². The quantitative estimate of drug-likeness (QED) is 0.655. The summed E-state index contributed by atoms with van der Waals surface area (Å²) in [6, 6.07) is 2.68. The molecule has 2 N–H and O–H groups in total. The highest BCUT2D eigenvalue weighted by Gasteiger charge is 2.50. The summed E-state index contributed by atoms with van der Waals surface area (Å²) in [4.78, 5) is 10.7. The van der Waals surface area contributed by atoms with E-state index in [-0.39, 0.29) is 0 Å². The zero-order chi connectivity index (χ0) is 8.84. The van der Waals surface area contributed by atoms with E-state index < -0.39 is 0 Å². The van der Waals surface area contributed by atoms with Crippen LogP contribution in [0.25, 0.3) is 0 Å². The fraction of sp³-hybridized carbons (Fsp3) is 0.556. The first kappa shape index (κ1) is 7.26. The lowest BCUT2D eigenvalue weighted by Crippen LogP contribution is -2.49. The smallest absolute Gasteiger partial charge is 0.225 e. The maximum absolute atomic E-state index is 5.96. The maximum Gasteiger partial charge on any atom is 0.225 e. The van der Waals surface area contributed by atoms with Crippen LogP contribution in [0.15, 0.2) is 18.5 Å². The van der Waals surface area contributed by atoms with Crippen LogP contribution in [0.4, 0.5) is 5.95 Å². The molecule has 0 amide bonds. The molecular weight excluding hydrogens is 164 g/mol. The van der Waals surface area contributed by atoms with Crippen LogP contribution in [0, 0.1) is 5.92 Å². The van der Waals surface area contributed by atoms with E-state index in [2.05, 4.69) is 14.9 Å². The number of nitrogens with zero attached hydrogens (tertiary/aromatic N) is 3. The van der Waals surface area contributed by atoms with Crippen molar-refractivity contribution in [3.8, 4) is 0 Å². The monoisotopic (exact) mass is 176 g/mol. The summed E-state index contributed by atoms with van der Waals surface area (Å²) in [6.45, 7) is 1.04. The van der Waals surface area contributed by atoms with Gasteiger partial charge in [0, 0.05) is 31.0 Å². The number of fused-ring (bicyclic) bond motifs is 1. The Hall–Kier alpha value is -1.16. The van der Waals surface area contributed by atoms with Gasteiger partial charge in [0.05, 0.1) is 0 Å². The Morgan fingerprint density at radius 2 is 2.15 bits per heavy atom. The largest absolute Gasteiger partial charge is 0.336 e. The van der Waals surface area contributed by atoms with Crippen LogP contribution in [-0.4, -0.2) is 28.6 Å². The summed E-state index contributed by atoms with van der Waals surface area (Å²) in [5, 5.41) is 0. The Labute approximate surface area is 76.8 Å². The Morgan fingerprint density at radius 1 is 1.38 bits per heavy atom. The molecule has 3 aliphatic rings. The number of aromatic nitrogens is 2. The van der Waals surface area contributed by atoms with Gasteiger partial charge in [0.25, 0.3) is 0 Å². The van der Waals surface area contributed by atoms with Crippen LogP contribution in [0.1, 0.15) is 6.42 Å². The molecular formula is C9H12N4. The third kappa shape index (κ3) is 0.891. The van der Waals surface area contributed by atoms with Crippen LogP contribution in [-0.2, 0) is 0 Å². The lowest BCUT2D eigenvalue weighted by Gasteiger charge is -2.33. The van der Waals surface area contributed by atoms with Crippen LogP contribution >= 0.6 is 0 Å². The predicted octanol–water partition coefficient (Wildman–Crippen LogP) is 0.0124. The fourth-order valence-electron chi connectivity index (χ4n) is 2.33. The lowest BCUT2D eigenvalue weighted by molar-refractivity contribution is 0.311. The van der Waals surface area contributed by atoms with E-state index in [4.69, 9.17) is 5.73 Å². The molecule has 13 heavy (non-hydrogen) atoms. The van der Waals surface area contributed by atoms with Crippen LogP contribution in [0.3, 0.4) is 0 Å². The van der Waals surface area contributed by atoms with Crippen molar-refractivity contribution >= 4 is 5.95 Å². The third-order valence-electron chi connectivity index (χ3n) is 3.17. The van der Waals surface area contributed by atoms with E-state index in [0.29, 0.717) is 18.0 Å². The van der Waals surface area contributed by atoms with E-state index >= 15 is 0 Å². The molecule has 1 saturated carbocycles. The van der Waals surface area contributed by atoms with Gasteiger partial charge in [0.1, 0.15) is 0 Å². The number of nitrogens with two attached hydrogens (primary N) is 1. The van der Waals surface area contributed by atoms with E-state index in [9.17, 15) is 0 Å². The summed E-state index contributed by atoms with van der Waals surface area (Å²) in [7, 11) is 0. The van der Waals surface area contributed by atoms with Gasteiger partial charge in [-0.3, -0.25) is 0 Å². The zero-order valence-corrected chi connectivity index (χ0v) is 7.30. The summed E-state index contributed by atoms with van der Waals surface area (Å²) >= 11 is 0. The maximum atomic E-state index is 5.96. The molecule has 3 fully saturated rings. The highest BCUT2D eigenvalue weighted by atomic mass is 15.3. The van der Waals surface area contributed by atoms with E-state index in [1.54, 1.807) is 12.4 Å². The average molecular weight is 176 g/mol. The molecule has 1 aromatic rings. The third-order valence-corrected chi connectivity index (χ3v) is 3.17. The molecule has 0 radical (unpaired) electrons. The highest BCUT2D eigenvalue weighted by Crippen LogP contribution is 2.40. The van der Waals surface area contributed by atoms with Gasteiger partial charge in [0.15, 0.2) is 0 Å². The van der Waals surface area contributed by atoms with Gasteiger partial charge in [-0.25, -0.2) is 9.97 Å². The van der Waals surface area contributed by atoms with E-state index in [0.717, 1.165) is 12.5 Å². The van der Waals surface area contributed by atoms with Crippen molar-refractivity contribution in [2.45, 2.75) is 18.5 Å². The minimum absolute atomic E-state index is 0.351. The SMILES string of the molecule is NC1C2CC1N(c1ncccn1)C2. The molecule has 4 heteroatoms. The van der Waals surface area contributed by atoms with Crippen molar-refractivity contribution in [1.82, 2.24) is 9.97 Å². The number of anilines is 1. The summed E-state index contributed by atoms with van der Waals surface area (Å²) < 4.78 is 0. The van der Waals surface area contributed by atoms with Gasteiger partial charge in [-0.15, -0.1) is 0 Å². The first-order chi connectivity index (χ1) is 6.36. The van der Waals surface area contributed by atoms with Crippen molar-refractivity contribution in [2.24, 2.45) is 11.7 Å². The zero-order valence-electron chi connectivity index (χ0n) is 7.30. The second kappa shape index (κ2) is 2.42. The summed E-state index contributed by atoms with van der Waals surface area (Å²) in [5.41, 5.74) is 5.96. The van der Waals surface area contributed by atoms with Gasteiger partial charge < -0.3 is 10.6 Å². The number of hydrogen-bond acceptors (Lipinski definition) is 4. The molecule has 2 bridgehead atoms. The fourth-order valence-corrected chi connectivity index (χ4v) is 2.33. The molecule has 3 atom stereocenters. The minimum atomic E-state index is 0.351. The molecule has 68 valence electrons. The minimum Gasteiger partial charge on any atom is -0.336 e. The molecule has 0 spiro atoms. The van der Waals surface area contributed by atoms with Crippen molar-refractivity contribution in [3.05, 3.63) is 18.5 Å². The summed E-state index contributed by atoms with van der Waals surface area (Å²) in [5.74, 6) is 1.51. The highest BCUT2D eigenvalue weighted by molar-refractivity contribution is 5.39. The van der Waals surface area contributed by atoms with Crippen molar-refractivity contribution in [3.63, 3.8) is 0 Å². The van der Waals surface area contributed by atoms with Gasteiger partial charge in [-0.2, -0.15) is 0 Å². The topological polar surface area (TPSA) is 55.0 Å². The molecule has 1 aromatic heterocycles. The Kier molecular flexibility index (Phi) is 1.35. The lowest BCUT2D eigenvalue weighted by atomic mass is 9.81. The van der Waals surface area contributed by atoms with Crippen molar-refractivity contribution < 1.29 is 0 Å². The van der Waals surface area contributed by atoms with Gasteiger partial charge in [-0.05, 0) is 18.4 Å². The number of hydrogen-bond donors (Lipinski definition) is 1. The standard InChI is InChI=1S/C9H12N4/c10-8-6-4-7(8)13(5-6)9-11-2-1-3-12-9/h1-3,6-8H,4-5,10H2. The molecule has 3 unspecified atom stereocenters. The summed E-state index contributed by atoms with van der Waals surface area (Å²) in [6.07, 6.45) is 4.78. The van der Waals surface area contributed by atoms with Gasteiger partial charge >= 0.3 is 0 Å². The first-order valence-corrected chi connectivity index (χ1v) is 4.65. The van der Waals surface area contributed by atoms with Gasteiger partial charge in [0.2, 0.25) is 5.95 Å². The molecule has 2 aliphatic heterocycles. The van der Waals surface area contributed by atoms with E-state index in [1.807, 2.05) is 6.07 Å². The van der Waals surface area contributed by atoms with E-state index in [1.165, 1.54) is 6.42 Å². The van der Waals surface area contributed by atoms with Crippen LogP contribution in [0.2, 0.25) is 0 Å². The van der Waals surface area contributed by atoms with Crippen molar-refractivity contribution in [1.29, 1.82) is 0 Å². The average Bonchev–Trinajstić information content (AvgIpc) is 2.75. The van der Waals surface area contributed by atoms with Crippen molar-refractivity contribution in [2.75, 3.05) is 11.4 Å².